The van der Waals surface area contributed by atoms with Crippen molar-refractivity contribution in [3.8, 4) is 0 Å². The normalized spacial score (nSPS) is 24.2. The van der Waals surface area contributed by atoms with Crippen LogP contribution in [0.3, 0.4) is 0 Å². The molecule has 1 amide bonds. The third-order valence-electron chi connectivity index (χ3n) is 6.47. The largest absolute Gasteiger partial charge is 0.483 e. The van der Waals surface area contributed by atoms with Crippen LogP contribution in [-0.4, -0.2) is 36.0 Å². The summed E-state index contributed by atoms with van der Waals surface area (Å²) in [7, 11) is -0.602. The van der Waals surface area contributed by atoms with Gasteiger partial charge in [-0.2, -0.15) is 0 Å². The van der Waals surface area contributed by atoms with E-state index in [1.807, 2.05) is 84.9 Å². The van der Waals surface area contributed by atoms with E-state index in [0.29, 0.717) is 0 Å². The van der Waals surface area contributed by atoms with Gasteiger partial charge in [-0.3, -0.25) is 4.90 Å². The standard InChI is InChI=1S/C25H32BNO4/c1-23(2,3)29-22(28)27-19-16-12-11-15-18(19)20(17-13-9-8-10-14-17)21(27)26-30-24(4,5)25(6,7)31-26/h8-16,20-21H,1-7H3/t20-,21+/m1/s1. The quantitative estimate of drug-likeness (QED) is 0.595. The van der Waals surface area contributed by atoms with Gasteiger partial charge < -0.3 is 14.0 Å². The van der Waals surface area contributed by atoms with Crippen LogP contribution in [0.4, 0.5) is 10.5 Å². The number of carbonyl (C=O) groups excluding carboxylic acids is 1. The molecular weight excluding hydrogens is 389 g/mol. The average Bonchev–Trinajstić information content (AvgIpc) is 3.12. The summed E-state index contributed by atoms with van der Waals surface area (Å²) in [4.78, 5) is 15.2. The molecule has 5 nitrogen and oxygen atoms in total. The number of para-hydroxylation sites is 1. The summed E-state index contributed by atoms with van der Waals surface area (Å²) in [6, 6.07) is 18.2. The topological polar surface area (TPSA) is 48.0 Å². The molecule has 0 bridgehead atoms. The van der Waals surface area contributed by atoms with Crippen LogP contribution in [0.15, 0.2) is 54.6 Å². The Bertz CT molecular complexity index is 951. The smallest absolute Gasteiger partial charge is 0.443 e. The molecule has 1 fully saturated rings. The minimum Gasteiger partial charge on any atom is -0.443 e. The Balaban J connectivity index is 1.85. The van der Waals surface area contributed by atoms with Crippen molar-refractivity contribution in [1.82, 2.24) is 0 Å². The second-order valence-corrected chi connectivity index (χ2v) is 10.4. The van der Waals surface area contributed by atoms with Gasteiger partial charge >= 0.3 is 13.2 Å². The van der Waals surface area contributed by atoms with Gasteiger partial charge in [0, 0.05) is 5.92 Å². The fraction of sp³-hybridized carbons (Fsp3) is 0.480. The highest BCUT2D eigenvalue weighted by molar-refractivity contribution is 6.50. The fourth-order valence-electron chi connectivity index (χ4n) is 4.34. The number of carbonyl (C=O) groups is 1. The molecule has 2 aromatic rings. The van der Waals surface area contributed by atoms with Gasteiger partial charge in [-0.05, 0) is 65.7 Å². The summed E-state index contributed by atoms with van der Waals surface area (Å²) in [6.07, 6.45) is -0.391. The maximum absolute atomic E-state index is 13.5. The minimum atomic E-state index is -0.614. The molecule has 2 heterocycles. The summed E-state index contributed by atoms with van der Waals surface area (Å²) in [5.74, 6) is -0.490. The zero-order valence-electron chi connectivity index (χ0n) is 19.5. The molecular formula is C25H32BNO4. The number of benzene rings is 2. The van der Waals surface area contributed by atoms with E-state index < -0.39 is 36.0 Å². The van der Waals surface area contributed by atoms with Crippen molar-refractivity contribution in [3.05, 3.63) is 65.7 Å². The number of fused-ring (bicyclic) bond motifs is 1. The number of anilines is 1. The lowest BCUT2D eigenvalue weighted by Gasteiger charge is -2.32. The van der Waals surface area contributed by atoms with Crippen molar-refractivity contribution in [1.29, 1.82) is 0 Å². The Morgan fingerprint density at radius 1 is 0.935 bits per heavy atom. The number of nitrogens with zero attached hydrogens (tertiary/aromatic N) is 1. The highest BCUT2D eigenvalue weighted by atomic mass is 16.7. The molecule has 0 unspecified atom stereocenters. The first-order chi connectivity index (χ1) is 14.4. The molecule has 2 aromatic carbocycles. The van der Waals surface area contributed by atoms with Gasteiger partial charge in [-0.25, -0.2) is 4.79 Å². The highest BCUT2D eigenvalue weighted by Crippen LogP contribution is 2.49. The number of ether oxygens (including phenoxy) is 1. The average molecular weight is 421 g/mol. The van der Waals surface area contributed by atoms with Gasteiger partial charge in [0.15, 0.2) is 0 Å². The Hall–Kier alpha value is -2.31. The molecule has 0 saturated carbocycles. The van der Waals surface area contributed by atoms with Crippen LogP contribution in [0.5, 0.6) is 0 Å². The number of hydrogen-bond acceptors (Lipinski definition) is 4. The Morgan fingerprint density at radius 3 is 2.06 bits per heavy atom. The van der Waals surface area contributed by atoms with Gasteiger partial charge in [0.2, 0.25) is 0 Å². The van der Waals surface area contributed by atoms with Crippen molar-refractivity contribution >= 4 is 18.9 Å². The Morgan fingerprint density at radius 2 is 1.48 bits per heavy atom. The summed E-state index contributed by atoms with van der Waals surface area (Å²) in [5.41, 5.74) is 1.39. The van der Waals surface area contributed by atoms with Gasteiger partial charge in [-0.15, -0.1) is 0 Å². The Labute approximate surface area is 185 Å². The third-order valence-corrected chi connectivity index (χ3v) is 6.47. The molecule has 1 saturated heterocycles. The maximum atomic E-state index is 13.5. The van der Waals surface area contributed by atoms with Crippen molar-refractivity contribution in [2.75, 3.05) is 4.90 Å². The molecule has 0 spiro atoms. The number of amides is 1. The van der Waals surface area contributed by atoms with Crippen molar-refractivity contribution in [2.24, 2.45) is 0 Å². The van der Waals surface area contributed by atoms with Gasteiger partial charge in [0.05, 0.1) is 22.8 Å². The molecule has 4 rings (SSSR count). The fourth-order valence-corrected chi connectivity index (χ4v) is 4.34. The molecule has 0 N–H and O–H groups in total. The summed E-state index contributed by atoms with van der Waals surface area (Å²) in [5, 5.41) is 0. The van der Waals surface area contributed by atoms with Crippen LogP contribution >= 0.6 is 0 Å². The first-order valence-electron chi connectivity index (χ1n) is 10.9. The van der Waals surface area contributed by atoms with Crippen LogP contribution in [-0.2, 0) is 14.0 Å². The first-order valence-corrected chi connectivity index (χ1v) is 10.9. The molecule has 0 aromatic heterocycles. The van der Waals surface area contributed by atoms with E-state index in [0.717, 1.165) is 16.8 Å². The molecule has 2 aliphatic heterocycles. The highest BCUT2D eigenvalue weighted by Gasteiger charge is 2.60. The van der Waals surface area contributed by atoms with E-state index in [-0.39, 0.29) is 5.92 Å². The lowest BCUT2D eigenvalue weighted by atomic mass is 9.68. The minimum absolute atomic E-state index is 0.0976. The first kappa shape index (κ1) is 21.9. The summed E-state index contributed by atoms with van der Waals surface area (Å²) in [6.45, 7) is 13.8. The zero-order chi connectivity index (χ0) is 22.6. The molecule has 6 heteroatoms. The van der Waals surface area contributed by atoms with Crippen molar-refractivity contribution in [2.45, 2.75) is 77.1 Å². The lowest BCUT2D eigenvalue weighted by molar-refractivity contribution is 0.00578. The molecule has 164 valence electrons. The van der Waals surface area contributed by atoms with Crippen molar-refractivity contribution < 1.29 is 18.8 Å². The monoisotopic (exact) mass is 421 g/mol. The van der Waals surface area contributed by atoms with E-state index in [9.17, 15) is 4.79 Å². The molecule has 2 atom stereocenters. The van der Waals surface area contributed by atoms with Gasteiger partial charge in [0.1, 0.15) is 5.60 Å². The van der Waals surface area contributed by atoms with Crippen LogP contribution < -0.4 is 4.90 Å². The second kappa shape index (κ2) is 7.39. The molecule has 2 aliphatic rings. The predicted octanol–water partition coefficient (Wildman–Crippen LogP) is 5.57. The van der Waals surface area contributed by atoms with E-state index in [1.54, 1.807) is 4.90 Å². The maximum Gasteiger partial charge on any atom is 0.483 e. The van der Waals surface area contributed by atoms with Gasteiger partial charge in [-0.1, -0.05) is 48.5 Å². The van der Waals surface area contributed by atoms with E-state index in [1.165, 1.54) is 0 Å². The third kappa shape index (κ3) is 3.87. The summed E-state index contributed by atoms with van der Waals surface area (Å²) >= 11 is 0. The van der Waals surface area contributed by atoms with Crippen LogP contribution in [0.2, 0.25) is 0 Å². The zero-order valence-corrected chi connectivity index (χ0v) is 19.5. The molecule has 31 heavy (non-hydrogen) atoms. The number of hydrogen-bond donors (Lipinski definition) is 0. The SMILES string of the molecule is CC(C)(C)OC(=O)N1c2ccccc2[C@@H](c2ccccc2)[C@H]1B1OC(C)(C)C(C)(C)O1. The van der Waals surface area contributed by atoms with E-state index in [2.05, 4.69) is 18.2 Å². The number of rotatable bonds is 2. The van der Waals surface area contributed by atoms with E-state index in [4.69, 9.17) is 14.0 Å². The predicted molar refractivity (Wildman–Crippen MR) is 123 cm³/mol. The Kier molecular flexibility index (Phi) is 5.22. The summed E-state index contributed by atoms with van der Waals surface area (Å²) < 4.78 is 18.8. The van der Waals surface area contributed by atoms with Crippen LogP contribution in [0.25, 0.3) is 0 Å². The van der Waals surface area contributed by atoms with Gasteiger partial charge in [0.25, 0.3) is 0 Å². The van der Waals surface area contributed by atoms with Crippen LogP contribution in [0, 0.1) is 0 Å². The second-order valence-electron chi connectivity index (χ2n) is 10.4. The van der Waals surface area contributed by atoms with Crippen molar-refractivity contribution in [3.63, 3.8) is 0 Å². The molecule has 0 radical (unpaired) electrons. The lowest BCUT2D eigenvalue weighted by Crippen LogP contribution is -2.52. The van der Waals surface area contributed by atoms with Crippen LogP contribution in [0.1, 0.15) is 65.5 Å². The molecule has 0 aliphatic carbocycles. The van der Waals surface area contributed by atoms with E-state index >= 15 is 0 Å².